The van der Waals surface area contributed by atoms with Gasteiger partial charge in [-0.15, -0.1) is 0 Å². The lowest BCUT2D eigenvalue weighted by molar-refractivity contribution is -0.189. The highest BCUT2D eigenvalue weighted by Gasteiger charge is 2.45. The van der Waals surface area contributed by atoms with Crippen LogP contribution in [0, 0.1) is 12.8 Å². The van der Waals surface area contributed by atoms with Gasteiger partial charge in [0.25, 0.3) is 0 Å². The molecule has 0 bridgehead atoms. The number of nitrogens with zero attached hydrogens (tertiary/aromatic N) is 2. The molecule has 1 aromatic heterocycles. The molecule has 21 heavy (non-hydrogen) atoms. The maximum atomic E-state index is 13.1. The predicted molar refractivity (Wildman–Crippen MR) is 73.1 cm³/mol. The lowest BCUT2D eigenvalue weighted by Gasteiger charge is -2.33. The van der Waals surface area contributed by atoms with E-state index < -0.39 is 18.1 Å². The minimum Gasteiger partial charge on any atom is -0.481 e. The maximum absolute atomic E-state index is 13.1. The van der Waals surface area contributed by atoms with Gasteiger partial charge in [-0.2, -0.15) is 18.3 Å². The summed E-state index contributed by atoms with van der Waals surface area (Å²) < 4.78 is 46.1. The molecule has 0 amide bonds. The van der Waals surface area contributed by atoms with Gasteiger partial charge in [-0.1, -0.05) is 12.8 Å². The van der Waals surface area contributed by atoms with Crippen LogP contribution in [0.25, 0.3) is 0 Å². The van der Waals surface area contributed by atoms with Gasteiger partial charge in [-0.3, -0.25) is 0 Å². The van der Waals surface area contributed by atoms with Gasteiger partial charge in [-0.25, -0.2) is 4.68 Å². The zero-order chi connectivity index (χ0) is 15.6. The Morgan fingerprint density at radius 2 is 2.00 bits per heavy atom. The SMILES string of the molecule is COc1c(CNC2CCCCC2C(F)(F)F)c(C)nn1C. The number of hydrogen-bond acceptors (Lipinski definition) is 3. The highest BCUT2D eigenvalue weighted by molar-refractivity contribution is 5.30. The Kier molecular flexibility index (Phi) is 4.81. The summed E-state index contributed by atoms with van der Waals surface area (Å²) in [5.41, 5.74) is 1.60. The Morgan fingerprint density at radius 1 is 1.33 bits per heavy atom. The maximum Gasteiger partial charge on any atom is 0.393 e. The Balaban J connectivity index is 2.08. The van der Waals surface area contributed by atoms with Crippen molar-refractivity contribution in [3.05, 3.63) is 11.3 Å². The second kappa shape index (κ2) is 6.25. The molecule has 1 N–H and O–H groups in total. The molecule has 0 spiro atoms. The Bertz CT molecular complexity index is 485. The highest BCUT2D eigenvalue weighted by Crippen LogP contribution is 2.38. The molecule has 7 heteroatoms. The normalized spacial score (nSPS) is 23.3. The molecule has 120 valence electrons. The van der Waals surface area contributed by atoms with Crippen LogP contribution in [0.5, 0.6) is 5.88 Å². The van der Waals surface area contributed by atoms with E-state index in [1.807, 2.05) is 6.92 Å². The third-order valence-corrected chi connectivity index (χ3v) is 4.21. The number of aryl methyl sites for hydroxylation is 2. The number of hydrogen-bond donors (Lipinski definition) is 1. The predicted octanol–water partition coefficient (Wildman–Crippen LogP) is 2.95. The van der Waals surface area contributed by atoms with Crippen LogP contribution in [-0.2, 0) is 13.6 Å². The summed E-state index contributed by atoms with van der Waals surface area (Å²) in [6.07, 6.45) is -1.87. The smallest absolute Gasteiger partial charge is 0.393 e. The Morgan fingerprint density at radius 3 is 2.62 bits per heavy atom. The molecule has 0 radical (unpaired) electrons. The zero-order valence-corrected chi connectivity index (χ0v) is 12.6. The quantitative estimate of drug-likeness (QED) is 0.929. The number of aromatic nitrogens is 2. The number of methoxy groups -OCH3 is 1. The van der Waals surface area contributed by atoms with Crippen LogP contribution in [0.15, 0.2) is 0 Å². The molecule has 0 aliphatic heterocycles. The summed E-state index contributed by atoms with van der Waals surface area (Å²) in [6, 6.07) is -0.525. The summed E-state index contributed by atoms with van der Waals surface area (Å²) >= 11 is 0. The van der Waals surface area contributed by atoms with Crippen molar-refractivity contribution in [1.82, 2.24) is 15.1 Å². The number of rotatable bonds is 4. The van der Waals surface area contributed by atoms with E-state index in [4.69, 9.17) is 4.74 Å². The lowest BCUT2D eigenvalue weighted by Crippen LogP contribution is -2.45. The van der Waals surface area contributed by atoms with Crippen molar-refractivity contribution in [3.63, 3.8) is 0 Å². The van der Waals surface area contributed by atoms with Crippen LogP contribution in [-0.4, -0.2) is 29.1 Å². The van der Waals surface area contributed by atoms with Crippen molar-refractivity contribution in [2.75, 3.05) is 7.11 Å². The molecule has 0 aromatic carbocycles. The van der Waals surface area contributed by atoms with E-state index >= 15 is 0 Å². The number of halogens is 3. The number of ether oxygens (including phenoxy) is 1. The van der Waals surface area contributed by atoms with Gasteiger partial charge in [-0.05, 0) is 19.8 Å². The Labute approximate surface area is 122 Å². The van der Waals surface area contributed by atoms with Crippen molar-refractivity contribution < 1.29 is 17.9 Å². The molecule has 2 rings (SSSR count). The molecule has 1 aliphatic carbocycles. The van der Waals surface area contributed by atoms with Crippen LogP contribution in [0.4, 0.5) is 13.2 Å². The molecule has 1 heterocycles. The first-order valence-electron chi connectivity index (χ1n) is 7.21. The van der Waals surface area contributed by atoms with Crippen molar-refractivity contribution in [3.8, 4) is 5.88 Å². The lowest BCUT2D eigenvalue weighted by atomic mass is 9.84. The van der Waals surface area contributed by atoms with Crippen molar-refractivity contribution >= 4 is 0 Å². The fourth-order valence-electron chi connectivity index (χ4n) is 3.14. The summed E-state index contributed by atoms with van der Waals surface area (Å²) in [6.45, 7) is 2.18. The number of alkyl halides is 3. The topological polar surface area (TPSA) is 39.1 Å². The summed E-state index contributed by atoms with van der Waals surface area (Å²) in [5, 5.41) is 7.31. The van der Waals surface area contributed by atoms with Crippen LogP contribution >= 0.6 is 0 Å². The first-order chi connectivity index (χ1) is 9.84. The van der Waals surface area contributed by atoms with Gasteiger partial charge in [0.05, 0.1) is 24.3 Å². The molecule has 2 atom stereocenters. The third-order valence-electron chi connectivity index (χ3n) is 4.21. The van der Waals surface area contributed by atoms with Gasteiger partial charge >= 0.3 is 6.18 Å². The van der Waals surface area contributed by atoms with Crippen LogP contribution in [0.3, 0.4) is 0 Å². The van der Waals surface area contributed by atoms with Crippen molar-refractivity contribution in [1.29, 1.82) is 0 Å². The summed E-state index contributed by atoms with van der Waals surface area (Å²) in [7, 11) is 3.30. The minimum atomic E-state index is -4.13. The van der Waals surface area contributed by atoms with Crippen molar-refractivity contribution in [2.24, 2.45) is 13.0 Å². The second-order valence-electron chi connectivity index (χ2n) is 5.62. The van der Waals surface area contributed by atoms with E-state index in [0.29, 0.717) is 25.3 Å². The molecule has 1 saturated carbocycles. The summed E-state index contributed by atoms with van der Waals surface area (Å²) in [5.74, 6) is -0.659. The van der Waals surface area contributed by atoms with Crippen LogP contribution in [0.1, 0.15) is 36.9 Å². The molecular formula is C14H22F3N3O. The monoisotopic (exact) mass is 305 g/mol. The largest absolute Gasteiger partial charge is 0.481 e. The standard InChI is InChI=1S/C14H22F3N3O/c1-9-10(13(21-3)20(2)19-9)8-18-12-7-5-4-6-11(12)14(15,16)17/h11-12,18H,4-8H2,1-3H3. The van der Waals surface area contributed by atoms with E-state index in [0.717, 1.165) is 17.7 Å². The third kappa shape index (κ3) is 3.51. The fraction of sp³-hybridized carbons (Fsp3) is 0.786. The van der Waals surface area contributed by atoms with E-state index in [9.17, 15) is 13.2 Å². The minimum absolute atomic E-state index is 0.213. The first-order valence-corrected chi connectivity index (χ1v) is 7.21. The molecule has 4 nitrogen and oxygen atoms in total. The van der Waals surface area contributed by atoms with E-state index in [2.05, 4.69) is 10.4 Å². The van der Waals surface area contributed by atoms with Crippen molar-refractivity contribution in [2.45, 2.75) is 51.4 Å². The molecule has 0 saturated heterocycles. The number of nitrogens with one attached hydrogen (secondary N) is 1. The molecule has 1 aliphatic rings. The average Bonchev–Trinajstić information content (AvgIpc) is 2.69. The van der Waals surface area contributed by atoms with Gasteiger partial charge in [0, 0.05) is 19.6 Å². The molecule has 1 fully saturated rings. The fourth-order valence-corrected chi connectivity index (χ4v) is 3.14. The molecule has 2 unspecified atom stereocenters. The molecular weight excluding hydrogens is 283 g/mol. The van der Waals surface area contributed by atoms with E-state index in [1.54, 1.807) is 18.8 Å². The molecule has 1 aromatic rings. The van der Waals surface area contributed by atoms with Gasteiger partial charge < -0.3 is 10.1 Å². The van der Waals surface area contributed by atoms with Gasteiger partial charge in [0.2, 0.25) is 5.88 Å². The van der Waals surface area contributed by atoms with Gasteiger partial charge in [0.15, 0.2) is 0 Å². The van der Waals surface area contributed by atoms with E-state index in [-0.39, 0.29) is 6.42 Å². The zero-order valence-electron chi connectivity index (χ0n) is 12.6. The average molecular weight is 305 g/mol. The Hall–Kier alpha value is -1.24. The summed E-state index contributed by atoms with van der Waals surface area (Å²) in [4.78, 5) is 0. The second-order valence-corrected chi connectivity index (χ2v) is 5.62. The first kappa shape index (κ1) is 16.1. The van der Waals surface area contributed by atoms with E-state index in [1.165, 1.54) is 0 Å². The van der Waals surface area contributed by atoms with Crippen LogP contribution in [0.2, 0.25) is 0 Å². The van der Waals surface area contributed by atoms with Crippen LogP contribution < -0.4 is 10.1 Å². The van der Waals surface area contributed by atoms with Gasteiger partial charge in [0.1, 0.15) is 0 Å². The highest BCUT2D eigenvalue weighted by atomic mass is 19.4.